The van der Waals surface area contributed by atoms with Crippen LogP contribution in [0.15, 0.2) is 18.2 Å². The monoisotopic (exact) mass is 358 g/mol. The van der Waals surface area contributed by atoms with Gasteiger partial charge in [-0.15, -0.1) is 0 Å². The molecule has 3 rings (SSSR count). The molecule has 0 saturated carbocycles. The third-order valence-electron chi connectivity index (χ3n) is 4.05. The average molecular weight is 358 g/mol. The Hall–Kier alpha value is -3.10. The Morgan fingerprint density at radius 1 is 1.38 bits per heavy atom. The first-order chi connectivity index (χ1) is 12.5. The molecule has 9 heteroatoms. The Bertz CT molecular complexity index is 811. The van der Waals surface area contributed by atoms with Crippen molar-refractivity contribution in [3.05, 3.63) is 29.6 Å². The summed E-state index contributed by atoms with van der Waals surface area (Å²) >= 11 is 0. The minimum absolute atomic E-state index is 0.120. The number of carbonyl (C=O) groups excluding carboxylic acids is 1. The van der Waals surface area contributed by atoms with Gasteiger partial charge in [-0.3, -0.25) is 4.79 Å². The van der Waals surface area contributed by atoms with E-state index in [1.807, 2.05) is 32.3 Å². The maximum atomic E-state index is 12.5. The highest BCUT2D eigenvalue weighted by molar-refractivity contribution is 5.79. The molecule has 1 aromatic carbocycles. The summed E-state index contributed by atoms with van der Waals surface area (Å²) in [5, 5.41) is 2.84. The third-order valence-corrected chi connectivity index (χ3v) is 4.05. The molecule has 2 heterocycles. The van der Waals surface area contributed by atoms with E-state index in [0.29, 0.717) is 24.8 Å². The van der Waals surface area contributed by atoms with E-state index >= 15 is 0 Å². The van der Waals surface area contributed by atoms with Crippen LogP contribution in [0.4, 0.5) is 11.9 Å². The van der Waals surface area contributed by atoms with Gasteiger partial charge in [-0.1, -0.05) is 0 Å². The zero-order chi connectivity index (χ0) is 18.7. The first-order valence-electron chi connectivity index (χ1n) is 8.21. The molecule has 1 aromatic heterocycles. The van der Waals surface area contributed by atoms with E-state index in [1.54, 1.807) is 12.0 Å². The smallest absolute Gasteiger partial charge is 0.229 e. The molecule has 1 atom stereocenters. The van der Waals surface area contributed by atoms with Crippen molar-refractivity contribution < 1.29 is 14.3 Å². The van der Waals surface area contributed by atoms with Gasteiger partial charge in [0.25, 0.3) is 0 Å². The van der Waals surface area contributed by atoms with E-state index in [4.69, 9.17) is 15.2 Å². The summed E-state index contributed by atoms with van der Waals surface area (Å²) in [6.07, 6.45) is 0.584. The lowest BCUT2D eigenvalue weighted by Crippen LogP contribution is -2.37. The van der Waals surface area contributed by atoms with Crippen molar-refractivity contribution in [1.82, 2.24) is 20.3 Å². The van der Waals surface area contributed by atoms with Crippen molar-refractivity contribution in [2.45, 2.75) is 13.0 Å². The number of rotatable bonds is 5. The summed E-state index contributed by atoms with van der Waals surface area (Å²) in [6, 6.07) is 5.59. The van der Waals surface area contributed by atoms with E-state index in [2.05, 4.69) is 20.3 Å². The number of benzene rings is 1. The van der Waals surface area contributed by atoms with Crippen LogP contribution in [0.2, 0.25) is 0 Å². The maximum Gasteiger partial charge on any atom is 0.229 e. The number of nitrogens with zero attached hydrogens (tertiary/aromatic N) is 4. The summed E-state index contributed by atoms with van der Waals surface area (Å²) in [6.45, 7) is 0.501. The molecule has 0 fully saturated rings. The molecule has 26 heavy (non-hydrogen) atoms. The van der Waals surface area contributed by atoms with Crippen LogP contribution in [0.5, 0.6) is 11.5 Å². The number of ether oxygens (including phenoxy) is 2. The SMILES string of the molecule is COc1ccc2c(c1)C[C@@H](C(=O)NCc1nc(N)nc(N(C)C)n1)CO2. The van der Waals surface area contributed by atoms with Crippen LogP contribution in [-0.4, -0.2) is 48.7 Å². The predicted molar refractivity (Wildman–Crippen MR) is 96.1 cm³/mol. The molecule has 0 unspecified atom stereocenters. The summed E-state index contributed by atoms with van der Waals surface area (Å²) in [5.41, 5.74) is 6.65. The Labute approximate surface area is 151 Å². The van der Waals surface area contributed by atoms with Gasteiger partial charge in [-0.2, -0.15) is 15.0 Å². The molecule has 1 aliphatic rings. The van der Waals surface area contributed by atoms with Crippen LogP contribution in [-0.2, 0) is 17.8 Å². The van der Waals surface area contributed by atoms with Crippen LogP contribution in [0.1, 0.15) is 11.4 Å². The first-order valence-corrected chi connectivity index (χ1v) is 8.21. The highest BCUT2D eigenvalue weighted by Gasteiger charge is 2.26. The Kier molecular flexibility index (Phi) is 5.06. The number of hydrogen-bond donors (Lipinski definition) is 2. The summed E-state index contributed by atoms with van der Waals surface area (Å²) < 4.78 is 10.9. The van der Waals surface area contributed by atoms with Gasteiger partial charge < -0.3 is 25.4 Å². The molecule has 0 aliphatic carbocycles. The molecular weight excluding hydrogens is 336 g/mol. The molecule has 1 amide bonds. The number of hydrogen-bond acceptors (Lipinski definition) is 8. The highest BCUT2D eigenvalue weighted by atomic mass is 16.5. The standard InChI is InChI=1S/C17H22N6O3/c1-23(2)17-21-14(20-16(18)22-17)8-19-15(24)11-6-10-7-12(25-3)4-5-13(10)26-9-11/h4-5,7,11H,6,8-9H2,1-3H3,(H,19,24)(H2,18,20,21,22)/t11-/m1/s1. The number of amides is 1. The van der Waals surface area contributed by atoms with Crippen molar-refractivity contribution in [2.75, 3.05) is 38.4 Å². The van der Waals surface area contributed by atoms with Crippen molar-refractivity contribution in [1.29, 1.82) is 0 Å². The van der Waals surface area contributed by atoms with Gasteiger partial charge in [0, 0.05) is 14.1 Å². The van der Waals surface area contributed by atoms with Crippen LogP contribution >= 0.6 is 0 Å². The van der Waals surface area contributed by atoms with Crippen molar-refractivity contribution in [3.8, 4) is 11.5 Å². The van der Waals surface area contributed by atoms with E-state index < -0.39 is 0 Å². The Morgan fingerprint density at radius 2 is 2.19 bits per heavy atom. The molecule has 138 valence electrons. The van der Waals surface area contributed by atoms with Gasteiger partial charge in [0.05, 0.1) is 19.6 Å². The summed E-state index contributed by atoms with van der Waals surface area (Å²) in [7, 11) is 5.22. The number of fused-ring (bicyclic) bond motifs is 1. The van der Waals surface area contributed by atoms with Crippen LogP contribution in [0.25, 0.3) is 0 Å². The van der Waals surface area contributed by atoms with Gasteiger partial charge in [-0.05, 0) is 30.2 Å². The minimum atomic E-state index is -0.290. The molecule has 0 radical (unpaired) electrons. The second-order valence-corrected chi connectivity index (χ2v) is 6.21. The lowest BCUT2D eigenvalue weighted by Gasteiger charge is -2.25. The van der Waals surface area contributed by atoms with Gasteiger partial charge in [0.15, 0.2) is 5.82 Å². The molecule has 1 aliphatic heterocycles. The molecule has 2 aromatic rings. The zero-order valence-corrected chi connectivity index (χ0v) is 15.0. The molecule has 9 nitrogen and oxygen atoms in total. The number of nitrogen functional groups attached to an aromatic ring is 1. The first kappa shape index (κ1) is 17.7. The van der Waals surface area contributed by atoms with Crippen molar-refractivity contribution in [2.24, 2.45) is 5.92 Å². The fourth-order valence-corrected chi connectivity index (χ4v) is 2.68. The fraction of sp³-hybridized carbons (Fsp3) is 0.412. The molecule has 3 N–H and O–H groups in total. The number of anilines is 2. The largest absolute Gasteiger partial charge is 0.497 e. The number of carbonyl (C=O) groups is 1. The average Bonchev–Trinajstić information content (AvgIpc) is 2.64. The Morgan fingerprint density at radius 3 is 2.92 bits per heavy atom. The molecule has 0 bridgehead atoms. The second-order valence-electron chi connectivity index (χ2n) is 6.21. The Balaban J connectivity index is 1.64. The van der Waals surface area contributed by atoms with Gasteiger partial charge in [0.2, 0.25) is 17.8 Å². The number of nitrogens with one attached hydrogen (secondary N) is 1. The summed E-state index contributed by atoms with van der Waals surface area (Å²) in [4.78, 5) is 26.6. The number of nitrogens with two attached hydrogens (primary N) is 1. The predicted octanol–water partition coefficient (Wildman–Crippen LogP) is 0.396. The lowest BCUT2D eigenvalue weighted by molar-refractivity contribution is -0.126. The maximum absolute atomic E-state index is 12.5. The number of aromatic nitrogens is 3. The van der Waals surface area contributed by atoms with Crippen molar-refractivity contribution in [3.63, 3.8) is 0 Å². The summed E-state index contributed by atoms with van der Waals surface area (Å²) in [5.74, 6) is 2.10. The third kappa shape index (κ3) is 3.93. The van der Waals surface area contributed by atoms with E-state index in [-0.39, 0.29) is 24.3 Å². The molecule has 0 spiro atoms. The molecule has 0 saturated heterocycles. The van der Waals surface area contributed by atoms with Crippen LogP contribution in [0, 0.1) is 5.92 Å². The van der Waals surface area contributed by atoms with Crippen molar-refractivity contribution >= 4 is 17.8 Å². The quantitative estimate of drug-likeness (QED) is 0.789. The highest BCUT2D eigenvalue weighted by Crippen LogP contribution is 2.30. The zero-order valence-electron chi connectivity index (χ0n) is 15.0. The van der Waals surface area contributed by atoms with Crippen LogP contribution < -0.4 is 25.4 Å². The van der Waals surface area contributed by atoms with Gasteiger partial charge in [-0.25, -0.2) is 0 Å². The molecular formula is C17H22N6O3. The van der Waals surface area contributed by atoms with Crippen LogP contribution in [0.3, 0.4) is 0 Å². The van der Waals surface area contributed by atoms with Gasteiger partial charge in [0.1, 0.15) is 18.1 Å². The fourth-order valence-electron chi connectivity index (χ4n) is 2.68. The van der Waals surface area contributed by atoms with E-state index in [0.717, 1.165) is 17.1 Å². The lowest BCUT2D eigenvalue weighted by atomic mass is 9.96. The number of methoxy groups -OCH3 is 1. The van der Waals surface area contributed by atoms with E-state index in [9.17, 15) is 4.79 Å². The minimum Gasteiger partial charge on any atom is -0.497 e. The van der Waals surface area contributed by atoms with Gasteiger partial charge >= 0.3 is 0 Å². The normalized spacial score (nSPS) is 15.6. The second kappa shape index (κ2) is 7.42. The van der Waals surface area contributed by atoms with E-state index in [1.165, 1.54) is 0 Å². The topological polar surface area (TPSA) is 115 Å².